The van der Waals surface area contributed by atoms with Crippen molar-refractivity contribution < 1.29 is 4.74 Å². The Morgan fingerprint density at radius 1 is 1.05 bits per heavy atom. The molecule has 0 bridgehead atoms. The van der Waals surface area contributed by atoms with Gasteiger partial charge in [-0.25, -0.2) is 0 Å². The maximum atomic E-state index is 5.32. The largest absolute Gasteiger partial charge is 0.497 e. The second-order valence-corrected chi connectivity index (χ2v) is 4.94. The van der Waals surface area contributed by atoms with E-state index < -0.39 is 0 Å². The van der Waals surface area contributed by atoms with Crippen LogP contribution >= 0.6 is 0 Å². The molecule has 0 unspecified atom stereocenters. The van der Waals surface area contributed by atoms with Gasteiger partial charge < -0.3 is 9.64 Å². The van der Waals surface area contributed by atoms with Gasteiger partial charge >= 0.3 is 0 Å². The molecule has 0 radical (unpaired) electrons. The van der Waals surface area contributed by atoms with Crippen LogP contribution in [0.1, 0.15) is 25.0 Å². The highest BCUT2D eigenvalue weighted by molar-refractivity contribution is 5.33. The average molecular weight is 264 g/mol. The molecule has 0 amide bonds. The molecular formula is C16H28N2O. The summed E-state index contributed by atoms with van der Waals surface area (Å²) in [4.78, 5) is 4.89. The Labute approximate surface area is 118 Å². The van der Waals surface area contributed by atoms with E-state index in [1.807, 2.05) is 13.8 Å². The highest BCUT2D eigenvalue weighted by Crippen LogP contribution is 2.18. The number of piperazine rings is 1. The fraction of sp³-hybridized carbons (Fsp3) is 0.625. The molecule has 0 spiro atoms. The molecule has 1 aromatic carbocycles. The van der Waals surface area contributed by atoms with Crippen LogP contribution in [-0.4, -0.2) is 50.1 Å². The maximum absolute atomic E-state index is 5.32. The number of nitrogens with zero attached hydrogens (tertiary/aromatic N) is 2. The van der Waals surface area contributed by atoms with E-state index in [1.54, 1.807) is 7.11 Å². The third kappa shape index (κ3) is 5.21. The molecule has 2 rings (SSSR count). The zero-order valence-electron chi connectivity index (χ0n) is 13.1. The van der Waals surface area contributed by atoms with E-state index in [9.17, 15) is 0 Å². The van der Waals surface area contributed by atoms with Gasteiger partial charge in [0.2, 0.25) is 0 Å². The number of hydrogen-bond donors (Lipinski definition) is 0. The summed E-state index contributed by atoms with van der Waals surface area (Å²) in [7, 11) is 3.92. The molecule has 3 heteroatoms. The molecule has 1 aromatic rings. The molecule has 0 aliphatic carbocycles. The second-order valence-electron chi connectivity index (χ2n) is 4.94. The van der Waals surface area contributed by atoms with E-state index in [-0.39, 0.29) is 0 Å². The van der Waals surface area contributed by atoms with Crippen molar-refractivity contribution in [1.82, 2.24) is 9.80 Å². The minimum atomic E-state index is 0.967. The fourth-order valence-electron chi connectivity index (χ4n) is 2.30. The predicted molar refractivity (Wildman–Crippen MR) is 81.9 cm³/mol. The number of ether oxygens (including phenoxy) is 1. The topological polar surface area (TPSA) is 15.7 Å². The van der Waals surface area contributed by atoms with Crippen molar-refractivity contribution in [2.24, 2.45) is 0 Å². The highest BCUT2D eigenvalue weighted by atomic mass is 16.5. The van der Waals surface area contributed by atoms with Crippen LogP contribution < -0.4 is 4.74 Å². The average Bonchev–Trinajstić information content (AvgIpc) is 2.43. The molecule has 1 aliphatic rings. The Hall–Kier alpha value is -1.06. The van der Waals surface area contributed by atoms with Crippen molar-refractivity contribution in [1.29, 1.82) is 0 Å². The first-order valence-corrected chi connectivity index (χ1v) is 7.23. The number of methoxy groups -OCH3 is 1. The van der Waals surface area contributed by atoms with Gasteiger partial charge in [0, 0.05) is 32.7 Å². The summed E-state index contributed by atoms with van der Waals surface area (Å²) in [5, 5.41) is 0. The summed E-state index contributed by atoms with van der Waals surface area (Å²) in [5.74, 6) is 0.967. The summed E-state index contributed by atoms with van der Waals surface area (Å²) in [5.41, 5.74) is 2.62. The summed E-state index contributed by atoms with van der Waals surface area (Å²) in [6.45, 7) is 11.8. The van der Waals surface area contributed by atoms with Crippen LogP contribution in [0.15, 0.2) is 18.2 Å². The van der Waals surface area contributed by atoms with E-state index in [1.165, 1.54) is 24.2 Å². The van der Waals surface area contributed by atoms with Crippen molar-refractivity contribution in [2.75, 3.05) is 40.3 Å². The van der Waals surface area contributed by atoms with E-state index in [4.69, 9.17) is 4.74 Å². The van der Waals surface area contributed by atoms with Crippen molar-refractivity contribution in [3.8, 4) is 5.75 Å². The highest BCUT2D eigenvalue weighted by Gasteiger charge is 2.14. The Kier molecular flexibility index (Phi) is 6.89. The first-order valence-electron chi connectivity index (χ1n) is 7.23. The quantitative estimate of drug-likeness (QED) is 0.835. The van der Waals surface area contributed by atoms with Gasteiger partial charge in [0.15, 0.2) is 0 Å². The molecule has 1 fully saturated rings. The van der Waals surface area contributed by atoms with Gasteiger partial charge in [0.1, 0.15) is 5.75 Å². The molecule has 0 N–H and O–H groups in total. The van der Waals surface area contributed by atoms with E-state index in [2.05, 4.69) is 42.0 Å². The van der Waals surface area contributed by atoms with Crippen LogP contribution in [0.4, 0.5) is 0 Å². The van der Waals surface area contributed by atoms with Gasteiger partial charge in [0.05, 0.1) is 7.11 Å². The van der Waals surface area contributed by atoms with E-state index in [0.29, 0.717) is 0 Å². The van der Waals surface area contributed by atoms with Crippen LogP contribution in [0.3, 0.4) is 0 Å². The normalized spacial score (nSPS) is 16.7. The third-order valence-corrected chi connectivity index (χ3v) is 3.35. The van der Waals surface area contributed by atoms with Gasteiger partial charge in [-0.2, -0.15) is 0 Å². The van der Waals surface area contributed by atoms with Gasteiger partial charge in [-0.05, 0) is 37.2 Å². The molecule has 0 atom stereocenters. The first-order chi connectivity index (χ1) is 9.17. The number of likely N-dealkylation sites (N-methyl/N-ethyl adjacent to an activating group) is 1. The molecule has 1 aliphatic heterocycles. The lowest BCUT2D eigenvalue weighted by molar-refractivity contribution is 0.148. The Bertz CT molecular complexity index is 371. The van der Waals surface area contributed by atoms with Crippen molar-refractivity contribution >= 4 is 0 Å². The van der Waals surface area contributed by atoms with Gasteiger partial charge in [0.25, 0.3) is 0 Å². The van der Waals surface area contributed by atoms with Crippen LogP contribution in [0.2, 0.25) is 0 Å². The lowest BCUT2D eigenvalue weighted by Crippen LogP contribution is -2.43. The van der Waals surface area contributed by atoms with Crippen LogP contribution in [0, 0.1) is 6.92 Å². The predicted octanol–water partition coefficient (Wildman–Crippen LogP) is 2.78. The van der Waals surface area contributed by atoms with Gasteiger partial charge in [-0.3, -0.25) is 4.90 Å². The Balaban J connectivity index is 0.000000861. The third-order valence-electron chi connectivity index (χ3n) is 3.35. The molecule has 1 saturated heterocycles. The molecule has 0 aromatic heterocycles. The zero-order chi connectivity index (χ0) is 14.3. The summed E-state index contributed by atoms with van der Waals surface area (Å²) in [6.07, 6.45) is 0. The van der Waals surface area contributed by atoms with Crippen molar-refractivity contribution in [3.05, 3.63) is 29.3 Å². The molecule has 108 valence electrons. The van der Waals surface area contributed by atoms with Crippen LogP contribution in [-0.2, 0) is 6.54 Å². The summed E-state index contributed by atoms with van der Waals surface area (Å²) >= 11 is 0. The standard InChI is InChI=1S/C14H22N2O.C2H6/c1-12-8-13(10-14(9-12)17-3)11-16-6-4-15(2)5-7-16;1-2/h8-10H,4-7,11H2,1-3H3;1-2H3. The lowest BCUT2D eigenvalue weighted by Gasteiger charge is -2.32. The number of rotatable bonds is 3. The minimum absolute atomic E-state index is 0.967. The lowest BCUT2D eigenvalue weighted by atomic mass is 10.1. The Morgan fingerprint density at radius 3 is 2.26 bits per heavy atom. The number of aryl methyl sites for hydroxylation is 1. The monoisotopic (exact) mass is 264 g/mol. The molecule has 0 saturated carbocycles. The molecule has 19 heavy (non-hydrogen) atoms. The fourth-order valence-corrected chi connectivity index (χ4v) is 2.30. The summed E-state index contributed by atoms with van der Waals surface area (Å²) in [6, 6.07) is 6.47. The Morgan fingerprint density at radius 2 is 1.68 bits per heavy atom. The summed E-state index contributed by atoms with van der Waals surface area (Å²) < 4.78 is 5.32. The second kappa shape index (κ2) is 8.18. The smallest absolute Gasteiger partial charge is 0.119 e. The number of benzene rings is 1. The molecule has 1 heterocycles. The van der Waals surface area contributed by atoms with Gasteiger partial charge in [-0.15, -0.1) is 0 Å². The van der Waals surface area contributed by atoms with Crippen LogP contribution in [0.25, 0.3) is 0 Å². The van der Waals surface area contributed by atoms with Crippen LogP contribution in [0.5, 0.6) is 5.75 Å². The van der Waals surface area contributed by atoms with Crippen molar-refractivity contribution in [3.63, 3.8) is 0 Å². The van der Waals surface area contributed by atoms with Crippen molar-refractivity contribution in [2.45, 2.75) is 27.3 Å². The number of hydrogen-bond acceptors (Lipinski definition) is 3. The molecule has 3 nitrogen and oxygen atoms in total. The zero-order valence-corrected chi connectivity index (χ0v) is 13.1. The minimum Gasteiger partial charge on any atom is -0.497 e. The first kappa shape index (κ1) is 16.0. The SMILES string of the molecule is CC.COc1cc(C)cc(CN2CCN(C)CC2)c1. The molecular weight excluding hydrogens is 236 g/mol. The maximum Gasteiger partial charge on any atom is 0.119 e. The van der Waals surface area contributed by atoms with E-state index >= 15 is 0 Å². The van der Waals surface area contributed by atoms with E-state index in [0.717, 1.165) is 25.4 Å². The van der Waals surface area contributed by atoms with Gasteiger partial charge in [-0.1, -0.05) is 19.9 Å².